The van der Waals surface area contributed by atoms with Crippen LogP contribution in [0.5, 0.6) is 0 Å². The fourth-order valence-electron chi connectivity index (χ4n) is 5.08. The average Bonchev–Trinajstić information content (AvgIpc) is 2.61. The highest BCUT2D eigenvalue weighted by atomic mass is 35.5. The molecule has 0 aromatic heterocycles. The Morgan fingerprint density at radius 2 is 1.93 bits per heavy atom. The molecule has 1 saturated heterocycles. The van der Waals surface area contributed by atoms with Crippen LogP contribution in [-0.2, 0) is 4.74 Å². The van der Waals surface area contributed by atoms with Gasteiger partial charge in [0.1, 0.15) is 0 Å². The lowest BCUT2D eigenvalue weighted by molar-refractivity contribution is -0.0615. The Morgan fingerprint density at radius 1 is 1.21 bits per heavy atom. The lowest BCUT2D eigenvalue weighted by atomic mass is 9.71. The minimum absolute atomic E-state index is 0.288. The molecule has 0 spiro atoms. The van der Waals surface area contributed by atoms with Crippen LogP contribution in [0, 0.1) is 18.3 Å². The quantitative estimate of drug-likeness (QED) is 0.758. The van der Waals surface area contributed by atoms with Gasteiger partial charge in [-0.2, -0.15) is 0 Å². The van der Waals surface area contributed by atoms with Gasteiger partial charge in [-0.3, -0.25) is 4.90 Å². The molecule has 3 atom stereocenters. The molecule has 0 amide bonds. The van der Waals surface area contributed by atoms with Crippen LogP contribution in [0.3, 0.4) is 0 Å². The highest BCUT2D eigenvalue weighted by Crippen LogP contribution is 2.39. The predicted molar refractivity (Wildman–Crippen MR) is 117 cm³/mol. The summed E-state index contributed by atoms with van der Waals surface area (Å²) in [5.74, 6) is 0.703. The summed E-state index contributed by atoms with van der Waals surface area (Å²) in [6.07, 6.45) is 3.36. The van der Waals surface area contributed by atoms with E-state index in [2.05, 4.69) is 49.6 Å². The van der Waals surface area contributed by atoms with Crippen molar-refractivity contribution in [3.8, 4) is 0 Å². The molecule has 1 aromatic carbocycles. The zero-order valence-electron chi connectivity index (χ0n) is 18.0. The highest BCUT2D eigenvalue weighted by molar-refractivity contribution is 6.30. The van der Waals surface area contributed by atoms with Gasteiger partial charge in [-0.25, -0.2) is 0 Å². The minimum atomic E-state index is -0.417. The molecule has 0 radical (unpaired) electrons. The summed E-state index contributed by atoms with van der Waals surface area (Å²) in [5.41, 5.74) is 2.84. The molecule has 0 unspecified atom stereocenters. The lowest BCUT2D eigenvalue weighted by Crippen LogP contribution is -2.49. The fourth-order valence-corrected chi connectivity index (χ4v) is 5.24. The summed E-state index contributed by atoms with van der Waals surface area (Å²) >= 11 is 6.17. The second kappa shape index (κ2) is 9.34. The maximum absolute atomic E-state index is 10.5. The van der Waals surface area contributed by atoms with Gasteiger partial charge in [0, 0.05) is 43.4 Å². The van der Waals surface area contributed by atoms with Gasteiger partial charge in [0.2, 0.25) is 0 Å². The summed E-state index contributed by atoms with van der Waals surface area (Å²) in [4.78, 5) is 4.74. The van der Waals surface area contributed by atoms with Crippen molar-refractivity contribution in [1.29, 1.82) is 0 Å². The highest BCUT2D eigenvalue weighted by Gasteiger charge is 2.33. The Bertz CT molecular complexity index is 643. The average molecular weight is 409 g/mol. The number of benzene rings is 1. The Morgan fingerprint density at radius 3 is 2.61 bits per heavy atom. The number of rotatable bonds is 6. The van der Waals surface area contributed by atoms with E-state index < -0.39 is 6.10 Å². The molecule has 1 aromatic rings. The molecule has 2 fully saturated rings. The number of β-amino-alcohol motifs (C(OH)–C–C–N with tert-alkyl or cyclic N) is 1. The number of halogens is 1. The summed E-state index contributed by atoms with van der Waals surface area (Å²) in [5, 5.41) is 11.3. The third-order valence-electron chi connectivity index (χ3n) is 6.22. The van der Waals surface area contributed by atoms with Gasteiger partial charge in [-0.15, -0.1) is 0 Å². The van der Waals surface area contributed by atoms with Crippen molar-refractivity contribution in [3.05, 3.63) is 28.8 Å². The van der Waals surface area contributed by atoms with E-state index in [4.69, 9.17) is 16.3 Å². The Kier molecular flexibility index (Phi) is 7.30. The second-order valence-corrected chi connectivity index (χ2v) is 10.2. The standard InChI is InChI=1S/C23H37ClN2O2/c1-17-11-21(14-23(3,4)13-17)28-16-20(27)15-25-7-9-26(10-8-25)22-12-19(24)6-5-18(22)2/h5-6,12,17,20-21,27H,7-11,13-16H2,1-4H3/t17-,20+,21-/m0/s1. The molecule has 1 N–H and O–H groups in total. The van der Waals surface area contributed by atoms with Crippen LogP contribution in [-0.4, -0.2) is 61.5 Å². The first-order chi connectivity index (χ1) is 13.2. The first kappa shape index (κ1) is 21.9. The smallest absolute Gasteiger partial charge is 0.0900 e. The molecule has 4 nitrogen and oxygen atoms in total. The molecule has 1 heterocycles. The Labute approximate surface area is 175 Å². The van der Waals surface area contributed by atoms with Crippen LogP contribution < -0.4 is 4.90 Å². The minimum Gasteiger partial charge on any atom is -0.389 e. The normalized spacial score (nSPS) is 27.0. The summed E-state index contributed by atoms with van der Waals surface area (Å²) in [6, 6.07) is 6.08. The van der Waals surface area contributed by atoms with Gasteiger partial charge in [-0.1, -0.05) is 38.4 Å². The first-order valence-corrected chi connectivity index (χ1v) is 11.1. The van der Waals surface area contributed by atoms with Crippen molar-refractivity contribution in [2.75, 3.05) is 44.2 Å². The molecule has 2 aliphatic rings. The van der Waals surface area contributed by atoms with Crippen molar-refractivity contribution in [3.63, 3.8) is 0 Å². The maximum atomic E-state index is 10.5. The van der Waals surface area contributed by atoms with Gasteiger partial charge < -0.3 is 14.7 Å². The summed E-state index contributed by atoms with van der Waals surface area (Å²) in [6.45, 7) is 14.1. The number of piperazine rings is 1. The molecule has 28 heavy (non-hydrogen) atoms. The van der Waals surface area contributed by atoms with Crippen LogP contribution in [0.4, 0.5) is 5.69 Å². The molecule has 0 bridgehead atoms. The van der Waals surface area contributed by atoms with Crippen LogP contribution in [0.2, 0.25) is 5.02 Å². The van der Waals surface area contributed by atoms with E-state index in [1.807, 2.05) is 6.07 Å². The number of aliphatic hydroxyl groups excluding tert-OH is 1. The third kappa shape index (κ3) is 6.09. The number of hydrogen-bond acceptors (Lipinski definition) is 4. The van der Waals surface area contributed by atoms with E-state index in [1.165, 1.54) is 17.7 Å². The van der Waals surface area contributed by atoms with Crippen molar-refractivity contribution >= 4 is 17.3 Å². The Balaban J connectivity index is 1.41. The largest absolute Gasteiger partial charge is 0.389 e. The molecule has 158 valence electrons. The third-order valence-corrected chi connectivity index (χ3v) is 6.46. The summed E-state index contributed by atoms with van der Waals surface area (Å²) < 4.78 is 6.11. The van der Waals surface area contributed by atoms with Gasteiger partial charge in [0.25, 0.3) is 0 Å². The number of ether oxygens (including phenoxy) is 1. The molecular weight excluding hydrogens is 372 g/mol. The number of nitrogens with zero attached hydrogens (tertiary/aromatic N) is 2. The van der Waals surface area contributed by atoms with Crippen LogP contribution >= 0.6 is 11.6 Å². The maximum Gasteiger partial charge on any atom is 0.0900 e. The van der Waals surface area contributed by atoms with E-state index in [1.54, 1.807) is 0 Å². The number of hydrogen-bond donors (Lipinski definition) is 1. The van der Waals surface area contributed by atoms with Gasteiger partial charge >= 0.3 is 0 Å². The van der Waals surface area contributed by atoms with E-state index in [0.717, 1.165) is 44.0 Å². The summed E-state index contributed by atoms with van der Waals surface area (Å²) in [7, 11) is 0. The molecule has 1 aliphatic heterocycles. The SMILES string of the molecule is Cc1ccc(Cl)cc1N1CCN(C[C@@H](O)CO[C@H]2C[C@H](C)CC(C)(C)C2)CC1. The number of anilines is 1. The second-order valence-electron chi connectivity index (χ2n) is 9.74. The topological polar surface area (TPSA) is 35.9 Å². The molecular formula is C23H37ClN2O2. The fraction of sp³-hybridized carbons (Fsp3) is 0.739. The van der Waals surface area contributed by atoms with Crippen molar-refractivity contribution < 1.29 is 9.84 Å². The molecule has 1 aliphatic carbocycles. The van der Waals surface area contributed by atoms with Gasteiger partial charge in [0.15, 0.2) is 0 Å². The van der Waals surface area contributed by atoms with E-state index >= 15 is 0 Å². The first-order valence-electron chi connectivity index (χ1n) is 10.7. The van der Waals surface area contributed by atoms with Crippen molar-refractivity contribution in [2.24, 2.45) is 11.3 Å². The van der Waals surface area contributed by atoms with Crippen molar-refractivity contribution in [2.45, 2.75) is 59.2 Å². The molecule has 1 saturated carbocycles. The van der Waals surface area contributed by atoms with Crippen LogP contribution in [0.15, 0.2) is 18.2 Å². The number of aryl methyl sites for hydroxylation is 1. The van der Waals surface area contributed by atoms with Gasteiger partial charge in [0.05, 0.1) is 18.8 Å². The zero-order valence-corrected chi connectivity index (χ0v) is 18.7. The monoisotopic (exact) mass is 408 g/mol. The van der Waals surface area contributed by atoms with E-state index in [9.17, 15) is 5.11 Å². The zero-order chi connectivity index (χ0) is 20.3. The van der Waals surface area contributed by atoms with E-state index in [0.29, 0.717) is 24.5 Å². The lowest BCUT2D eigenvalue weighted by Gasteiger charge is -2.39. The molecule has 5 heteroatoms. The van der Waals surface area contributed by atoms with Crippen molar-refractivity contribution in [1.82, 2.24) is 4.90 Å². The van der Waals surface area contributed by atoms with E-state index in [-0.39, 0.29) is 6.10 Å². The van der Waals surface area contributed by atoms with Crippen LogP contribution in [0.1, 0.15) is 45.6 Å². The predicted octanol–water partition coefficient (Wildman–Crippen LogP) is 4.36. The van der Waals surface area contributed by atoms with Crippen LogP contribution in [0.25, 0.3) is 0 Å². The number of aliphatic hydroxyl groups is 1. The van der Waals surface area contributed by atoms with Gasteiger partial charge in [-0.05, 0) is 55.2 Å². The Hall–Kier alpha value is -0.810. The molecule has 3 rings (SSSR count).